The van der Waals surface area contributed by atoms with Crippen LogP contribution in [0.2, 0.25) is 5.02 Å². The second-order valence-electron chi connectivity index (χ2n) is 4.57. The van der Waals surface area contributed by atoms with Gasteiger partial charge in [-0.05, 0) is 37.6 Å². The molecule has 2 rings (SSSR count). The molecule has 0 unspecified atom stereocenters. The average molecular weight is 307 g/mol. The van der Waals surface area contributed by atoms with Crippen molar-refractivity contribution < 1.29 is 14.7 Å². The highest BCUT2D eigenvalue weighted by molar-refractivity contribution is 6.31. The van der Waals surface area contributed by atoms with Gasteiger partial charge in [0.2, 0.25) is 0 Å². The molecule has 0 radical (unpaired) electrons. The second kappa shape index (κ2) is 6.01. The lowest BCUT2D eigenvalue weighted by molar-refractivity contribution is 0.0695. The van der Waals surface area contributed by atoms with Gasteiger partial charge in [-0.3, -0.25) is 4.79 Å². The van der Waals surface area contributed by atoms with E-state index in [2.05, 4.69) is 5.32 Å². The summed E-state index contributed by atoms with van der Waals surface area (Å²) in [6.45, 7) is 4.18. The molecule has 1 heterocycles. The number of hydrogen-bond acceptors (Lipinski definition) is 2. The monoisotopic (exact) mass is 306 g/mol. The molecule has 2 N–H and O–H groups in total. The largest absolute Gasteiger partial charge is 0.478 e. The van der Waals surface area contributed by atoms with Crippen LogP contribution in [0.15, 0.2) is 30.5 Å². The molecule has 0 aliphatic heterocycles. The number of nitrogens with zero attached hydrogens (tertiary/aromatic N) is 1. The highest BCUT2D eigenvalue weighted by atomic mass is 35.5. The van der Waals surface area contributed by atoms with Crippen molar-refractivity contribution >= 4 is 29.2 Å². The van der Waals surface area contributed by atoms with Gasteiger partial charge in [0.1, 0.15) is 5.69 Å². The zero-order valence-corrected chi connectivity index (χ0v) is 12.4. The molecule has 1 aromatic heterocycles. The van der Waals surface area contributed by atoms with Gasteiger partial charge in [0.05, 0.1) is 10.6 Å². The van der Waals surface area contributed by atoms with E-state index in [4.69, 9.17) is 16.7 Å². The van der Waals surface area contributed by atoms with E-state index in [1.54, 1.807) is 35.9 Å². The van der Waals surface area contributed by atoms with Crippen LogP contribution in [-0.2, 0) is 6.54 Å². The van der Waals surface area contributed by atoms with Crippen LogP contribution >= 0.6 is 11.6 Å². The minimum absolute atomic E-state index is 0.164. The Kier molecular flexibility index (Phi) is 4.33. The van der Waals surface area contributed by atoms with E-state index in [-0.39, 0.29) is 11.5 Å². The number of hydrogen-bond donors (Lipinski definition) is 2. The van der Waals surface area contributed by atoms with Crippen molar-refractivity contribution in [2.75, 3.05) is 5.32 Å². The molecule has 1 aromatic carbocycles. The zero-order chi connectivity index (χ0) is 15.6. The topological polar surface area (TPSA) is 71.3 Å². The van der Waals surface area contributed by atoms with Crippen LogP contribution in [0.5, 0.6) is 0 Å². The normalized spacial score (nSPS) is 10.4. The summed E-state index contributed by atoms with van der Waals surface area (Å²) in [4.78, 5) is 23.4. The van der Waals surface area contributed by atoms with E-state index in [0.29, 0.717) is 28.5 Å². The number of carbonyl (C=O) groups is 2. The molecule has 0 atom stereocenters. The van der Waals surface area contributed by atoms with Crippen LogP contribution in [0.3, 0.4) is 0 Å². The Balaban J connectivity index is 2.32. The molecule has 1 amide bonds. The fourth-order valence-corrected chi connectivity index (χ4v) is 2.34. The van der Waals surface area contributed by atoms with Crippen molar-refractivity contribution in [3.8, 4) is 0 Å². The lowest BCUT2D eigenvalue weighted by Gasteiger charge is -2.11. The average Bonchev–Trinajstić information content (AvgIpc) is 2.82. The molecule has 2 aromatic rings. The Hall–Kier alpha value is -2.27. The van der Waals surface area contributed by atoms with E-state index in [1.165, 1.54) is 6.07 Å². The molecule has 0 saturated carbocycles. The van der Waals surface area contributed by atoms with Crippen LogP contribution in [0, 0.1) is 6.92 Å². The Labute approximate surface area is 127 Å². The summed E-state index contributed by atoms with van der Waals surface area (Å²) in [7, 11) is 0. The number of carboxylic acids is 1. The summed E-state index contributed by atoms with van der Waals surface area (Å²) >= 11 is 5.91. The Morgan fingerprint density at radius 3 is 2.71 bits per heavy atom. The molecule has 6 heteroatoms. The Morgan fingerprint density at radius 2 is 2.10 bits per heavy atom. The highest BCUT2D eigenvalue weighted by Crippen LogP contribution is 2.21. The van der Waals surface area contributed by atoms with Crippen molar-refractivity contribution in [1.29, 1.82) is 0 Å². The molecule has 0 aliphatic rings. The minimum Gasteiger partial charge on any atom is -0.478 e. The van der Waals surface area contributed by atoms with Crippen LogP contribution in [0.4, 0.5) is 5.69 Å². The molecule has 21 heavy (non-hydrogen) atoms. The predicted molar refractivity (Wildman–Crippen MR) is 81.2 cm³/mol. The first-order valence-corrected chi connectivity index (χ1v) is 6.81. The van der Waals surface area contributed by atoms with Crippen LogP contribution in [-0.4, -0.2) is 21.6 Å². The van der Waals surface area contributed by atoms with Crippen LogP contribution in [0.1, 0.15) is 33.3 Å². The van der Waals surface area contributed by atoms with Crippen molar-refractivity contribution in [3.05, 3.63) is 52.3 Å². The number of benzene rings is 1. The molecule has 0 bridgehead atoms. The number of rotatable bonds is 4. The summed E-state index contributed by atoms with van der Waals surface area (Å²) in [6.07, 6.45) is 1.68. The van der Waals surface area contributed by atoms with E-state index < -0.39 is 5.97 Å². The third kappa shape index (κ3) is 3.08. The maximum Gasteiger partial charge on any atom is 0.336 e. The van der Waals surface area contributed by atoms with Crippen molar-refractivity contribution in [2.24, 2.45) is 0 Å². The third-order valence-electron chi connectivity index (χ3n) is 3.25. The summed E-state index contributed by atoms with van der Waals surface area (Å²) in [5.74, 6) is -1.35. The van der Waals surface area contributed by atoms with Crippen LogP contribution < -0.4 is 5.32 Å². The lowest BCUT2D eigenvalue weighted by atomic mass is 10.1. The molecular formula is C15H15ClN2O3. The van der Waals surface area contributed by atoms with Crippen molar-refractivity contribution in [1.82, 2.24) is 4.57 Å². The first-order chi connectivity index (χ1) is 9.93. The maximum absolute atomic E-state index is 12.3. The van der Waals surface area contributed by atoms with Gasteiger partial charge in [0, 0.05) is 18.4 Å². The molecule has 0 aliphatic carbocycles. The van der Waals surface area contributed by atoms with E-state index >= 15 is 0 Å². The van der Waals surface area contributed by atoms with Gasteiger partial charge in [0.15, 0.2) is 0 Å². The number of aryl methyl sites for hydroxylation is 1. The predicted octanol–water partition coefficient (Wildman–Crippen LogP) is 3.42. The van der Waals surface area contributed by atoms with Crippen LogP contribution in [0.25, 0.3) is 0 Å². The molecule has 0 fully saturated rings. The summed E-state index contributed by atoms with van der Waals surface area (Å²) in [5.41, 5.74) is 1.58. The van der Waals surface area contributed by atoms with Gasteiger partial charge in [-0.1, -0.05) is 17.7 Å². The van der Waals surface area contributed by atoms with E-state index in [0.717, 1.165) is 0 Å². The van der Waals surface area contributed by atoms with Gasteiger partial charge < -0.3 is 15.0 Å². The zero-order valence-electron chi connectivity index (χ0n) is 11.7. The Morgan fingerprint density at radius 1 is 1.38 bits per heavy atom. The number of carboxylic acid groups (broad SMARTS) is 1. The molecule has 0 spiro atoms. The smallest absolute Gasteiger partial charge is 0.336 e. The molecule has 0 saturated heterocycles. The minimum atomic E-state index is -1.02. The summed E-state index contributed by atoms with van der Waals surface area (Å²) < 4.78 is 1.73. The Bertz CT molecular complexity index is 707. The first-order valence-electron chi connectivity index (χ1n) is 6.44. The summed E-state index contributed by atoms with van der Waals surface area (Å²) in [6, 6.07) is 6.34. The fourth-order valence-electron chi connectivity index (χ4n) is 2.12. The van der Waals surface area contributed by atoms with Gasteiger partial charge in [-0.15, -0.1) is 0 Å². The number of nitrogens with one attached hydrogen (secondary N) is 1. The summed E-state index contributed by atoms with van der Waals surface area (Å²) in [5, 5.41) is 12.3. The quantitative estimate of drug-likeness (QED) is 0.909. The maximum atomic E-state index is 12.3. The van der Waals surface area contributed by atoms with Gasteiger partial charge in [0.25, 0.3) is 5.91 Å². The second-order valence-corrected chi connectivity index (χ2v) is 5.00. The van der Waals surface area contributed by atoms with E-state index in [1.807, 2.05) is 6.92 Å². The standard InChI is InChI=1S/C15H15ClN2O3/c1-3-18-8-10(16)7-13(18)14(19)17-12-6-4-5-11(9(12)2)15(20)21/h4-8H,3H2,1-2H3,(H,17,19)(H,20,21). The van der Waals surface area contributed by atoms with Gasteiger partial charge in [-0.25, -0.2) is 4.79 Å². The number of aromatic carboxylic acids is 1. The fraction of sp³-hybridized carbons (Fsp3) is 0.200. The number of amides is 1. The molecule has 110 valence electrons. The number of halogens is 1. The number of anilines is 1. The number of aromatic nitrogens is 1. The molecular weight excluding hydrogens is 292 g/mol. The highest BCUT2D eigenvalue weighted by Gasteiger charge is 2.16. The van der Waals surface area contributed by atoms with E-state index in [9.17, 15) is 9.59 Å². The first kappa shape index (κ1) is 15.1. The van der Waals surface area contributed by atoms with Gasteiger partial charge >= 0.3 is 5.97 Å². The van der Waals surface area contributed by atoms with Gasteiger partial charge in [-0.2, -0.15) is 0 Å². The molecule has 5 nitrogen and oxygen atoms in total. The number of carbonyl (C=O) groups excluding carboxylic acids is 1. The SMILES string of the molecule is CCn1cc(Cl)cc1C(=O)Nc1cccc(C(=O)O)c1C. The van der Waals surface area contributed by atoms with Crippen molar-refractivity contribution in [3.63, 3.8) is 0 Å². The van der Waals surface area contributed by atoms with Crippen molar-refractivity contribution in [2.45, 2.75) is 20.4 Å². The lowest BCUT2D eigenvalue weighted by Crippen LogP contribution is -2.17. The third-order valence-corrected chi connectivity index (χ3v) is 3.46.